The lowest BCUT2D eigenvalue weighted by atomic mass is 10.1. The van der Waals surface area contributed by atoms with Crippen LogP contribution in [0.1, 0.15) is 12.8 Å². The minimum Gasteiger partial charge on any atom is -0.397 e. The molecule has 104 valence electrons. The lowest BCUT2D eigenvalue weighted by Crippen LogP contribution is -2.51. The third-order valence-electron chi connectivity index (χ3n) is 4.42. The summed E-state index contributed by atoms with van der Waals surface area (Å²) in [6.45, 7) is 2.51. The van der Waals surface area contributed by atoms with Crippen molar-refractivity contribution in [3.8, 4) is 0 Å². The molecule has 0 aliphatic carbocycles. The molecular formula is C14H17N5O. The fourth-order valence-electron chi connectivity index (χ4n) is 3.35. The van der Waals surface area contributed by atoms with E-state index in [0.29, 0.717) is 18.4 Å². The second kappa shape index (κ2) is 4.13. The van der Waals surface area contributed by atoms with Crippen LogP contribution in [0.4, 0.5) is 11.4 Å². The van der Waals surface area contributed by atoms with E-state index in [1.165, 1.54) is 0 Å². The van der Waals surface area contributed by atoms with Gasteiger partial charge in [-0.2, -0.15) is 5.10 Å². The summed E-state index contributed by atoms with van der Waals surface area (Å²) in [5.74, 6) is 0.298. The number of benzene rings is 1. The molecule has 1 unspecified atom stereocenters. The summed E-state index contributed by atoms with van der Waals surface area (Å²) in [7, 11) is 0. The van der Waals surface area contributed by atoms with Crippen molar-refractivity contribution in [2.24, 2.45) is 0 Å². The number of carbonyl (C=O) groups excluding carboxylic acids is 1. The SMILES string of the molecule is Nc1cc2cn[nH]c2cc1N1CCN2C(=O)CCC2C1. The van der Waals surface area contributed by atoms with Crippen LogP contribution < -0.4 is 10.6 Å². The quantitative estimate of drug-likeness (QED) is 0.757. The largest absolute Gasteiger partial charge is 0.397 e. The van der Waals surface area contributed by atoms with Gasteiger partial charge in [0.25, 0.3) is 0 Å². The first kappa shape index (κ1) is 11.6. The van der Waals surface area contributed by atoms with Crippen molar-refractivity contribution in [2.75, 3.05) is 30.3 Å². The van der Waals surface area contributed by atoms with Gasteiger partial charge >= 0.3 is 0 Å². The van der Waals surface area contributed by atoms with E-state index in [4.69, 9.17) is 5.73 Å². The monoisotopic (exact) mass is 271 g/mol. The van der Waals surface area contributed by atoms with Gasteiger partial charge in [0, 0.05) is 37.5 Å². The van der Waals surface area contributed by atoms with Crippen LogP contribution in [0.25, 0.3) is 10.9 Å². The van der Waals surface area contributed by atoms with Crippen molar-refractivity contribution < 1.29 is 4.79 Å². The van der Waals surface area contributed by atoms with Crippen LogP contribution in [-0.2, 0) is 4.79 Å². The molecule has 2 fully saturated rings. The van der Waals surface area contributed by atoms with E-state index in [9.17, 15) is 4.79 Å². The Morgan fingerprint density at radius 1 is 1.35 bits per heavy atom. The number of nitrogens with two attached hydrogens (primary N) is 1. The number of nitrogens with one attached hydrogen (secondary N) is 1. The molecule has 2 aliphatic rings. The molecule has 1 amide bonds. The molecule has 0 radical (unpaired) electrons. The molecule has 3 N–H and O–H groups in total. The Bertz CT molecular complexity index is 679. The molecule has 2 aliphatic heterocycles. The Balaban J connectivity index is 1.66. The van der Waals surface area contributed by atoms with Crippen LogP contribution >= 0.6 is 0 Å². The van der Waals surface area contributed by atoms with Crippen molar-refractivity contribution in [3.05, 3.63) is 18.3 Å². The van der Waals surface area contributed by atoms with Crippen LogP contribution in [0.15, 0.2) is 18.3 Å². The third-order valence-corrected chi connectivity index (χ3v) is 4.42. The van der Waals surface area contributed by atoms with Gasteiger partial charge in [0.15, 0.2) is 0 Å². The molecule has 6 nitrogen and oxygen atoms in total. The molecule has 20 heavy (non-hydrogen) atoms. The highest BCUT2D eigenvalue weighted by Gasteiger charge is 2.35. The molecule has 1 aromatic heterocycles. The zero-order valence-electron chi connectivity index (χ0n) is 11.2. The lowest BCUT2D eigenvalue weighted by molar-refractivity contribution is -0.129. The van der Waals surface area contributed by atoms with Crippen molar-refractivity contribution in [1.82, 2.24) is 15.1 Å². The Hall–Kier alpha value is -2.24. The van der Waals surface area contributed by atoms with E-state index in [1.807, 2.05) is 11.0 Å². The first-order chi connectivity index (χ1) is 9.72. The van der Waals surface area contributed by atoms with E-state index in [-0.39, 0.29) is 0 Å². The Morgan fingerprint density at radius 3 is 3.15 bits per heavy atom. The number of amides is 1. The fraction of sp³-hybridized carbons (Fsp3) is 0.429. The highest BCUT2D eigenvalue weighted by molar-refractivity contribution is 5.89. The first-order valence-corrected chi connectivity index (χ1v) is 6.99. The smallest absolute Gasteiger partial charge is 0.223 e. The molecule has 2 saturated heterocycles. The number of nitrogens with zero attached hydrogens (tertiary/aromatic N) is 3. The molecule has 4 rings (SSSR count). The predicted octanol–water partition coefficient (Wildman–Crippen LogP) is 0.956. The van der Waals surface area contributed by atoms with Crippen LogP contribution in [0.5, 0.6) is 0 Å². The average molecular weight is 271 g/mol. The summed E-state index contributed by atoms with van der Waals surface area (Å²) in [5, 5.41) is 8.05. The number of piperazine rings is 1. The number of H-pyrrole nitrogens is 1. The highest BCUT2D eigenvalue weighted by atomic mass is 16.2. The van der Waals surface area contributed by atoms with Gasteiger partial charge in [-0.25, -0.2) is 0 Å². The normalized spacial score (nSPS) is 22.6. The van der Waals surface area contributed by atoms with Crippen molar-refractivity contribution in [2.45, 2.75) is 18.9 Å². The number of rotatable bonds is 1. The zero-order valence-corrected chi connectivity index (χ0v) is 11.2. The highest BCUT2D eigenvalue weighted by Crippen LogP contribution is 2.32. The Morgan fingerprint density at radius 2 is 2.25 bits per heavy atom. The maximum atomic E-state index is 11.7. The second-order valence-corrected chi connectivity index (χ2v) is 5.59. The summed E-state index contributed by atoms with van der Waals surface area (Å²) in [5.41, 5.74) is 8.99. The van der Waals surface area contributed by atoms with E-state index in [1.54, 1.807) is 6.20 Å². The van der Waals surface area contributed by atoms with Gasteiger partial charge in [-0.3, -0.25) is 9.89 Å². The molecule has 2 aromatic rings. The molecule has 3 heterocycles. The van der Waals surface area contributed by atoms with Gasteiger partial charge in [0.05, 0.1) is 23.1 Å². The lowest BCUT2D eigenvalue weighted by Gasteiger charge is -2.39. The molecule has 1 atom stereocenters. The van der Waals surface area contributed by atoms with Gasteiger partial charge in [0.2, 0.25) is 5.91 Å². The van der Waals surface area contributed by atoms with E-state index in [2.05, 4.69) is 21.2 Å². The number of nitrogen functional groups attached to an aromatic ring is 1. The van der Waals surface area contributed by atoms with E-state index in [0.717, 1.165) is 48.3 Å². The number of hydrogen-bond donors (Lipinski definition) is 2. The number of anilines is 2. The van der Waals surface area contributed by atoms with Crippen molar-refractivity contribution in [3.63, 3.8) is 0 Å². The standard InChI is InChI=1S/C14H17N5O/c15-11-5-9-7-16-17-12(9)6-13(11)18-3-4-19-10(8-18)1-2-14(19)20/h5-7,10H,1-4,8,15H2,(H,16,17). The summed E-state index contributed by atoms with van der Waals surface area (Å²) in [4.78, 5) is 16.0. The predicted molar refractivity (Wildman–Crippen MR) is 77.5 cm³/mol. The molecule has 6 heteroatoms. The second-order valence-electron chi connectivity index (χ2n) is 5.59. The summed E-state index contributed by atoms with van der Waals surface area (Å²) < 4.78 is 0. The number of fused-ring (bicyclic) bond motifs is 2. The summed E-state index contributed by atoms with van der Waals surface area (Å²) in [6.07, 6.45) is 3.43. The average Bonchev–Trinajstić information content (AvgIpc) is 3.04. The maximum absolute atomic E-state index is 11.7. The number of aromatic amines is 1. The number of hydrogen-bond acceptors (Lipinski definition) is 4. The maximum Gasteiger partial charge on any atom is 0.223 e. The van der Waals surface area contributed by atoms with E-state index < -0.39 is 0 Å². The first-order valence-electron chi connectivity index (χ1n) is 6.99. The van der Waals surface area contributed by atoms with Crippen LogP contribution in [0.2, 0.25) is 0 Å². The van der Waals surface area contributed by atoms with Crippen LogP contribution in [-0.4, -0.2) is 46.7 Å². The fourth-order valence-corrected chi connectivity index (χ4v) is 3.35. The topological polar surface area (TPSA) is 78.2 Å². The third kappa shape index (κ3) is 1.64. The minimum absolute atomic E-state index is 0.298. The van der Waals surface area contributed by atoms with Gasteiger partial charge in [-0.15, -0.1) is 0 Å². The van der Waals surface area contributed by atoms with E-state index >= 15 is 0 Å². The van der Waals surface area contributed by atoms with Crippen molar-refractivity contribution in [1.29, 1.82) is 0 Å². The van der Waals surface area contributed by atoms with Gasteiger partial charge in [-0.05, 0) is 18.6 Å². The Labute approximate surface area is 116 Å². The van der Waals surface area contributed by atoms with Gasteiger partial charge in [0.1, 0.15) is 0 Å². The molecule has 0 bridgehead atoms. The van der Waals surface area contributed by atoms with Crippen molar-refractivity contribution >= 4 is 28.2 Å². The summed E-state index contributed by atoms with van der Waals surface area (Å²) >= 11 is 0. The number of aromatic nitrogens is 2. The molecule has 0 spiro atoms. The van der Waals surface area contributed by atoms with Gasteiger partial charge in [-0.1, -0.05) is 0 Å². The van der Waals surface area contributed by atoms with Gasteiger partial charge < -0.3 is 15.5 Å². The molecule has 1 aromatic carbocycles. The Kier molecular flexibility index (Phi) is 2.39. The zero-order chi connectivity index (χ0) is 13.7. The molecule has 0 saturated carbocycles. The molecular weight excluding hydrogens is 254 g/mol. The summed E-state index contributed by atoms with van der Waals surface area (Å²) in [6, 6.07) is 4.36. The van der Waals surface area contributed by atoms with Crippen LogP contribution in [0.3, 0.4) is 0 Å². The number of carbonyl (C=O) groups is 1. The van der Waals surface area contributed by atoms with Crippen LogP contribution in [0, 0.1) is 0 Å². The minimum atomic E-state index is 0.298.